The van der Waals surface area contributed by atoms with Crippen molar-refractivity contribution in [1.82, 2.24) is 15.0 Å². The summed E-state index contributed by atoms with van der Waals surface area (Å²) >= 11 is 3.87. The van der Waals surface area contributed by atoms with Crippen LogP contribution in [0.25, 0.3) is 31.8 Å². The molecule has 0 atom stereocenters. The number of benzene rings is 2. The zero-order valence-corrected chi connectivity index (χ0v) is 20.8. The molecule has 180 valence electrons. The van der Waals surface area contributed by atoms with Gasteiger partial charge in [0.05, 0.1) is 30.3 Å². The van der Waals surface area contributed by atoms with Gasteiger partial charge in [-0.15, -0.1) is 22.7 Å². The van der Waals surface area contributed by atoms with Crippen LogP contribution in [-0.4, -0.2) is 24.8 Å². The van der Waals surface area contributed by atoms with E-state index in [1.165, 1.54) is 45.7 Å². The van der Waals surface area contributed by atoms with Crippen LogP contribution in [0.5, 0.6) is 0 Å². The topological polar surface area (TPSA) is 145 Å². The van der Waals surface area contributed by atoms with Crippen LogP contribution < -0.4 is 5.56 Å². The number of thiophene rings is 1. The number of fused-ring (bicyclic) bond motifs is 4. The number of non-ortho nitro benzene ring substituents is 1. The number of thiazole rings is 1. The number of nitro benzene ring substituents is 2. The highest BCUT2D eigenvalue weighted by Crippen LogP contribution is 2.41. The Hall–Kier alpha value is -3.68. The van der Waals surface area contributed by atoms with E-state index in [1.807, 2.05) is 0 Å². The molecule has 0 radical (unpaired) electrons. The maximum absolute atomic E-state index is 12.9. The first-order valence-electron chi connectivity index (χ1n) is 10.9. The largest absolute Gasteiger partial charge is 0.306 e. The summed E-state index contributed by atoms with van der Waals surface area (Å²) in [5.74, 6) is 0.290. The van der Waals surface area contributed by atoms with E-state index in [0.29, 0.717) is 35.2 Å². The number of hydrogen-bond donors (Lipinski definition) is 1. The minimum absolute atomic E-state index is 0.0388. The Morgan fingerprint density at radius 1 is 0.972 bits per heavy atom. The number of H-pyrrole nitrogens is 1. The zero-order chi connectivity index (χ0) is 25.0. The number of nitrogens with zero attached hydrogens (tertiary/aromatic N) is 4. The summed E-state index contributed by atoms with van der Waals surface area (Å²) in [5, 5.41) is 23.6. The molecule has 0 aliphatic heterocycles. The van der Waals surface area contributed by atoms with Crippen molar-refractivity contribution in [3.8, 4) is 11.4 Å². The minimum atomic E-state index is -0.482. The molecule has 0 bridgehead atoms. The summed E-state index contributed by atoms with van der Waals surface area (Å²) in [6, 6.07) is 9.07. The van der Waals surface area contributed by atoms with Crippen LogP contribution >= 0.6 is 34.4 Å². The first-order valence-corrected chi connectivity index (χ1v) is 13.4. The van der Waals surface area contributed by atoms with Gasteiger partial charge in [-0.25, -0.2) is 9.97 Å². The average Bonchev–Trinajstić information content (AvgIpc) is 3.44. The Bertz CT molecular complexity index is 1770. The standard InChI is InChI=1S/C23H15N5O5S3/c29-21-19-13-3-1-2-4-16(13)34-22(19)26-20(25-21)11-5-8-17(15(9-11)28(32)33)35-23-24-14-7-6-12(27(30)31)10-18(14)36-23/h5-10H,1-4H2,(H,25,26,29). The highest BCUT2D eigenvalue weighted by molar-refractivity contribution is 8.01. The molecular weight excluding hydrogens is 522 g/mol. The van der Waals surface area contributed by atoms with E-state index >= 15 is 0 Å². The summed E-state index contributed by atoms with van der Waals surface area (Å²) in [4.78, 5) is 49.0. The molecular formula is C23H15N5O5S3. The number of nitrogens with one attached hydrogen (secondary N) is 1. The number of aryl methyl sites for hydroxylation is 2. The second kappa shape index (κ2) is 8.76. The van der Waals surface area contributed by atoms with Gasteiger partial charge in [0.25, 0.3) is 16.9 Å². The molecule has 36 heavy (non-hydrogen) atoms. The Kier molecular flexibility index (Phi) is 5.54. The van der Waals surface area contributed by atoms with Crippen molar-refractivity contribution in [3.05, 3.63) is 77.4 Å². The summed E-state index contributed by atoms with van der Waals surface area (Å²) < 4.78 is 1.15. The summed E-state index contributed by atoms with van der Waals surface area (Å²) in [6.07, 6.45) is 3.97. The molecule has 3 aromatic heterocycles. The Morgan fingerprint density at radius 3 is 2.61 bits per heavy atom. The van der Waals surface area contributed by atoms with Crippen LogP contribution in [-0.2, 0) is 12.8 Å². The number of nitro groups is 2. The Morgan fingerprint density at radius 2 is 1.81 bits per heavy atom. The van der Waals surface area contributed by atoms with Crippen molar-refractivity contribution in [1.29, 1.82) is 0 Å². The summed E-state index contributed by atoms with van der Waals surface area (Å²) in [6.45, 7) is 0. The molecule has 6 rings (SSSR count). The van der Waals surface area contributed by atoms with Crippen molar-refractivity contribution in [2.45, 2.75) is 34.9 Å². The van der Waals surface area contributed by atoms with Crippen LogP contribution in [0.1, 0.15) is 23.3 Å². The van der Waals surface area contributed by atoms with E-state index < -0.39 is 9.85 Å². The van der Waals surface area contributed by atoms with Gasteiger partial charge >= 0.3 is 0 Å². The molecule has 0 spiro atoms. The third-order valence-corrected chi connectivity index (χ3v) is 9.34. The Balaban J connectivity index is 1.37. The lowest BCUT2D eigenvalue weighted by atomic mass is 9.97. The molecule has 10 nitrogen and oxygen atoms in total. The lowest BCUT2D eigenvalue weighted by Crippen LogP contribution is -2.11. The molecule has 2 aromatic carbocycles. The molecule has 0 amide bonds. The first kappa shape index (κ1) is 22.8. The van der Waals surface area contributed by atoms with Gasteiger partial charge in [0.1, 0.15) is 10.7 Å². The highest BCUT2D eigenvalue weighted by atomic mass is 32.2. The average molecular weight is 538 g/mol. The van der Waals surface area contributed by atoms with Gasteiger partial charge in [0.2, 0.25) is 0 Å². The smallest absolute Gasteiger partial charge is 0.284 e. The lowest BCUT2D eigenvalue weighted by molar-refractivity contribution is -0.387. The van der Waals surface area contributed by atoms with Crippen LogP contribution in [0.4, 0.5) is 11.4 Å². The first-order chi connectivity index (χ1) is 17.4. The minimum Gasteiger partial charge on any atom is -0.306 e. The Labute approximate surface area is 214 Å². The number of rotatable bonds is 5. The maximum Gasteiger partial charge on any atom is 0.284 e. The molecule has 0 unspecified atom stereocenters. The molecule has 1 aliphatic carbocycles. The predicted molar refractivity (Wildman–Crippen MR) is 139 cm³/mol. The van der Waals surface area contributed by atoms with Crippen molar-refractivity contribution in [2.75, 3.05) is 0 Å². The fourth-order valence-electron chi connectivity index (χ4n) is 4.34. The maximum atomic E-state index is 12.9. The van der Waals surface area contributed by atoms with E-state index in [9.17, 15) is 25.0 Å². The number of aromatic amines is 1. The summed E-state index contributed by atoms with van der Waals surface area (Å²) in [5.41, 5.74) is 1.70. The second-order valence-corrected chi connectivity index (χ2v) is 11.6. The van der Waals surface area contributed by atoms with Crippen molar-refractivity contribution in [2.24, 2.45) is 0 Å². The van der Waals surface area contributed by atoms with Gasteiger partial charge in [-0.2, -0.15) is 0 Å². The van der Waals surface area contributed by atoms with E-state index in [-0.39, 0.29) is 22.8 Å². The second-order valence-electron chi connectivity index (χ2n) is 8.24. The molecule has 0 saturated heterocycles. The van der Waals surface area contributed by atoms with E-state index in [2.05, 4.69) is 15.0 Å². The van der Waals surface area contributed by atoms with Crippen molar-refractivity contribution >= 4 is 66.2 Å². The normalized spacial score (nSPS) is 13.2. The molecule has 0 saturated carbocycles. The van der Waals surface area contributed by atoms with Crippen molar-refractivity contribution < 1.29 is 9.85 Å². The van der Waals surface area contributed by atoms with Crippen LogP contribution in [0.15, 0.2) is 50.4 Å². The van der Waals surface area contributed by atoms with Crippen LogP contribution in [0.3, 0.4) is 0 Å². The van der Waals surface area contributed by atoms with Crippen LogP contribution in [0, 0.1) is 20.2 Å². The third-order valence-electron chi connectivity index (χ3n) is 6.01. The van der Waals surface area contributed by atoms with Gasteiger partial charge in [-0.1, -0.05) is 11.8 Å². The molecule has 1 N–H and O–H groups in total. The molecule has 0 fully saturated rings. The third kappa shape index (κ3) is 3.94. The fourth-order valence-corrected chi connectivity index (χ4v) is 7.74. The molecule has 13 heteroatoms. The van der Waals surface area contributed by atoms with E-state index in [4.69, 9.17) is 0 Å². The summed E-state index contributed by atoms with van der Waals surface area (Å²) in [7, 11) is 0. The molecule has 3 heterocycles. The number of aromatic nitrogens is 3. The van der Waals surface area contributed by atoms with Gasteiger partial charge in [-0.05, 0) is 49.4 Å². The van der Waals surface area contributed by atoms with Gasteiger partial charge in [0, 0.05) is 28.6 Å². The molecule has 1 aliphatic rings. The zero-order valence-electron chi connectivity index (χ0n) is 18.3. The highest BCUT2D eigenvalue weighted by Gasteiger charge is 2.22. The quantitative estimate of drug-likeness (QED) is 0.209. The fraction of sp³-hybridized carbons (Fsp3) is 0.174. The van der Waals surface area contributed by atoms with Crippen LogP contribution in [0.2, 0.25) is 0 Å². The van der Waals surface area contributed by atoms with Gasteiger partial charge in [0.15, 0.2) is 4.34 Å². The number of hydrogen-bond acceptors (Lipinski definition) is 10. The predicted octanol–water partition coefficient (Wildman–Crippen LogP) is 6.11. The van der Waals surface area contributed by atoms with E-state index in [1.54, 1.807) is 18.2 Å². The SMILES string of the molecule is O=c1[nH]c(-c2ccc(Sc3nc4ccc([N+](=O)[O-])cc4s3)c([N+](=O)[O-])c2)nc2sc3c(c12)CCCC3. The van der Waals surface area contributed by atoms with Crippen molar-refractivity contribution in [3.63, 3.8) is 0 Å². The van der Waals surface area contributed by atoms with Gasteiger partial charge < -0.3 is 4.98 Å². The molecule has 5 aromatic rings. The lowest BCUT2D eigenvalue weighted by Gasteiger charge is -2.09. The monoisotopic (exact) mass is 537 g/mol. The van der Waals surface area contributed by atoms with Gasteiger partial charge in [-0.3, -0.25) is 25.0 Å². The van der Waals surface area contributed by atoms with E-state index in [0.717, 1.165) is 43.0 Å².